The lowest BCUT2D eigenvalue weighted by molar-refractivity contribution is 0.0450. The van der Waals surface area contributed by atoms with Crippen LogP contribution in [0.5, 0.6) is 0 Å². The monoisotopic (exact) mass is 281 g/mol. The first-order valence-electron chi connectivity index (χ1n) is 6.14. The van der Waals surface area contributed by atoms with Crippen LogP contribution in [-0.2, 0) is 0 Å². The van der Waals surface area contributed by atoms with Crippen LogP contribution in [0, 0.1) is 0 Å². The SMILES string of the molecule is O=C(NCC1(O)CCCC1)c1cc2sccc2s1. The van der Waals surface area contributed by atoms with E-state index in [1.165, 1.54) is 11.3 Å². The average Bonchev–Trinajstić information content (AvgIpc) is 3.00. The summed E-state index contributed by atoms with van der Waals surface area (Å²) in [7, 11) is 0. The minimum Gasteiger partial charge on any atom is -0.388 e. The van der Waals surface area contributed by atoms with Crippen LogP contribution < -0.4 is 5.32 Å². The third kappa shape index (κ3) is 2.30. The van der Waals surface area contributed by atoms with Crippen LogP contribution >= 0.6 is 22.7 Å². The zero-order chi connectivity index (χ0) is 12.6. The Labute approximate surface area is 113 Å². The molecule has 0 aromatic carbocycles. The summed E-state index contributed by atoms with van der Waals surface area (Å²) in [6.45, 7) is 0.372. The lowest BCUT2D eigenvalue weighted by Gasteiger charge is -2.21. The highest BCUT2D eigenvalue weighted by atomic mass is 32.1. The first kappa shape index (κ1) is 12.1. The number of rotatable bonds is 3. The van der Waals surface area contributed by atoms with Gasteiger partial charge in [0.1, 0.15) is 0 Å². The fourth-order valence-corrected chi connectivity index (χ4v) is 4.44. The molecular formula is C13H15NO2S2. The second-order valence-corrected chi connectivity index (χ2v) is 6.91. The molecule has 0 saturated heterocycles. The normalized spacial score (nSPS) is 18.3. The number of carbonyl (C=O) groups is 1. The Balaban J connectivity index is 1.66. The molecule has 18 heavy (non-hydrogen) atoms. The largest absolute Gasteiger partial charge is 0.388 e. The van der Waals surface area contributed by atoms with Gasteiger partial charge in [0.2, 0.25) is 0 Å². The molecule has 0 aliphatic heterocycles. The summed E-state index contributed by atoms with van der Waals surface area (Å²) in [5.74, 6) is -0.0660. The van der Waals surface area contributed by atoms with Gasteiger partial charge in [-0.15, -0.1) is 22.7 Å². The lowest BCUT2D eigenvalue weighted by Crippen LogP contribution is -2.40. The molecule has 0 spiro atoms. The smallest absolute Gasteiger partial charge is 0.261 e. The number of aliphatic hydroxyl groups is 1. The number of carbonyl (C=O) groups excluding carboxylic acids is 1. The molecule has 96 valence electrons. The second kappa shape index (κ2) is 4.64. The molecule has 2 heterocycles. The Bertz CT molecular complexity index is 538. The predicted molar refractivity (Wildman–Crippen MR) is 75.5 cm³/mol. The van der Waals surface area contributed by atoms with Gasteiger partial charge in [0.25, 0.3) is 5.91 Å². The van der Waals surface area contributed by atoms with E-state index in [1.807, 2.05) is 17.5 Å². The van der Waals surface area contributed by atoms with Crippen LogP contribution in [-0.4, -0.2) is 23.2 Å². The van der Waals surface area contributed by atoms with Crippen LogP contribution in [0.2, 0.25) is 0 Å². The maximum Gasteiger partial charge on any atom is 0.261 e. The Kier molecular flexibility index (Phi) is 3.13. The maximum absolute atomic E-state index is 12.0. The highest BCUT2D eigenvalue weighted by Crippen LogP contribution is 2.31. The van der Waals surface area contributed by atoms with E-state index >= 15 is 0 Å². The Morgan fingerprint density at radius 2 is 2.17 bits per heavy atom. The Hall–Kier alpha value is -0.910. The molecule has 1 aliphatic rings. The zero-order valence-corrected chi connectivity index (χ0v) is 11.6. The summed E-state index contributed by atoms with van der Waals surface area (Å²) >= 11 is 3.16. The van der Waals surface area contributed by atoms with Crippen molar-refractivity contribution in [2.45, 2.75) is 31.3 Å². The van der Waals surface area contributed by atoms with Gasteiger partial charge in [0.05, 0.1) is 10.5 Å². The molecule has 0 bridgehead atoms. The van der Waals surface area contributed by atoms with Gasteiger partial charge in [0.15, 0.2) is 0 Å². The lowest BCUT2D eigenvalue weighted by atomic mass is 10.0. The predicted octanol–water partition coefficient (Wildman–Crippen LogP) is 3.00. The molecular weight excluding hydrogens is 266 g/mol. The molecule has 5 heteroatoms. The fourth-order valence-electron chi connectivity index (χ4n) is 2.42. The molecule has 3 nitrogen and oxygen atoms in total. The summed E-state index contributed by atoms with van der Waals surface area (Å²) in [4.78, 5) is 12.7. The van der Waals surface area contributed by atoms with Crippen molar-refractivity contribution >= 4 is 38.0 Å². The molecule has 1 fully saturated rings. The molecule has 3 rings (SSSR count). The van der Waals surface area contributed by atoms with Crippen molar-refractivity contribution in [1.29, 1.82) is 0 Å². The van der Waals surface area contributed by atoms with Crippen molar-refractivity contribution < 1.29 is 9.90 Å². The van der Waals surface area contributed by atoms with Crippen LogP contribution in [0.1, 0.15) is 35.4 Å². The number of hydrogen-bond acceptors (Lipinski definition) is 4. The van der Waals surface area contributed by atoms with E-state index < -0.39 is 5.60 Å². The first-order chi connectivity index (χ1) is 8.66. The standard InChI is InChI=1S/C13H15NO2S2/c15-12(14-8-13(16)4-1-2-5-13)11-7-10-9(18-11)3-6-17-10/h3,6-7,16H,1-2,4-5,8H2,(H,14,15). The molecule has 2 N–H and O–H groups in total. The van der Waals surface area contributed by atoms with Gasteiger partial charge >= 0.3 is 0 Å². The van der Waals surface area contributed by atoms with Crippen LogP contribution in [0.4, 0.5) is 0 Å². The van der Waals surface area contributed by atoms with Crippen molar-refractivity contribution in [2.75, 3.05) is 6.54 Å². The molecule has 2 aromatic rings. The third-order valence-electron chi connectivity index (χ3n) is 3.48. The molecule has 1 saturated carbocycles. The summed E-state index contributed by atoms with van der Waals surface area (Å²) in [6, 6.07) is 3.96. The second-order valence-electron chi connectivity index (χ2n) is 4.87. The number of thiophene rings is 2. The van der Waals surface area contributed by atoms with Gasteiger partial charge in [-0.2, -0.15) is 0 Å². The average molecular weight is 281 g/mol. The van der Waals surface area contributed by atoms with Crippen molar-refractivity contribution in [3.8, 4) is 0 Å². The van der Waals surface area contributed by atoms with Crippen LogP contribution in [0.15, 0.2) is 17.5 Å². The first-order valence-corrected chi connectivity index (χ1v) is 7.84. The van der Waals surface area contributed by atoms with Gasteiger partial charge < -0.3 is 10.4 Å². The molecule has 0 radical (unpaired) electrons. The van der Waals surface area contributed by atoms with E-state index in [2.05, 4.69) is 5.32 Å². The van der Waals surface area contributed by atoms with E-state index in [4.69, 9.17) is 0 Å². The number of amides is 1. The molecule has 2 aromatic heterocycles. The van der Waals surface area contributed by atoms with Crippen molar-refractivity contribution in [1.82, 2.24) is 5.32 Å². The maximum atomic E-state index is 12.0. The number of fused-ring (bicyclic) bond motifs is 1. The molecule has 0 unspecified atom stereocenters. The highest BCUT2D eigenvalue weighted by Gasteiger charge is 2.31. The van der Waals surface area contributed by atoms with E-state index in [1.54, 1.807) is 11.3 Å². The van der Waals surface area contributed by atoms with Crippen molar-refractivity contribution in [2.24, 2.45) is 0 Å². The van der Waals surface area contributed by atoms with Gasteiger partial charge in [-0.05, 0) is 30.4 Å². The molecule has 0 atom stereocenters. The fraction of sp³-hybridized carbons (Fsp3) is 0.462. The number of nitrogens with one attached hydrogen (secondary N) is 1. The summed E-state index contributed by atoms with van der Waals surface area (Å²) in [5, 5.41) is 15.1. The zero-order valence-electron chi connectivity index (χ0n) is 9.94. The topological polar surface area (TPSA) is 49.3 Å². The quantitative estimate of drug-likeness (QED) is 0.908. The van der Waals surface area contributed by atoms with Gasteiger partial charge in [0, 0.05) is 15.9 Å². The van der Waals surface area contributed by atoms with Crippen LogP contribution in [0.25, 0.3) is 9.40 Å². The van der Waals surface area contributed by atoms with Gasteiger partial charge in [-0.25, -0.2) is 0 Å². The summed E-state index contributed by atoms with van der Waals surface area (Å²) in [5.41, 5.74) is -0.676. The third-order valence-corrected chi connectivity index (χ3v) is 5.57. The van der Waals surface area contributed by atoms with Crippen molar-refractivity contribution in [3.63, 3.8) is 0 Å². The Morgan fingerprint density at radius 1 is 1.39 bits per heavy atom. The van der Waals surface area contributed by atoms with E-state index in [0.717, 1.165) is 40.0 Å². The van der Waals surface area contributed by atoms with Gasteiger partial charge in [-0.3, -0.25) is 4.79 Å². The van der Waals surface area contributed by atoms with E-state index in [0.29, 0.717) is 6.54 Å². The number of hydrogen-bond donors (Lipinski definition) is 2. The Morgan fingerprint density at radius 3 is 2.89 bits per heavy atom. The minimum absolute atomic E-state index is 0.0660. The summed E-state index contributed by atoms with van der Waals surface area (Å²) in [6.07, 6.45) is 3.71. The van der Waals surface area contributed by atoms with Gasteiger partial charge in [-0.1, -0.05) is 12.8 Å². The van der Waals surface area contributed by atoms with Crippen molar-refractivity contribution in [3.05, 3.63) is 22.4 Å². The summed E-state index contributed by atoms with van der Waals surface area (Å²) < 4.78 is 2.31. The van der Waals surface area contributed by atoms with Crippen LogP contribution in [0.3, 0.4) is 0 Å². The van der Waals surface area contributed by atoms with E-state index in [-0.39, 0.29) is 5.91 Å². The molecule has 1 amide bonds. The minimum atomic E-state index is -0.676. The van der Waals surface area contributed by atoms with E-state index in [9.17, 15) is 9.90 Å². The highest BCUT2D eigenvalue weighted by molar-refractivity contribution is 7.27. The molecule has 1 aliphatic carbocycles.